The largest absolute Gasteiger partial charge is 0.481 e. The number of carbonyl (C=O) groups excluding carboxylic acids is 1. The van der Waals surface area contributed by atoms with E-state index in [2.05, 4.69) is 25.9 Å². The summed E-state index contributed by atoms with van der Waals surface area (Å²) >= 11 is 0. The van der Waals surface area contributed by atoms with E-state index in [9.17, 15) is 9.59 Å². The van der Waals surface area contributed by atoms with Crippen molar-refractivity contribution in [2.75, 3.05) is 0 Å². The summed E-state index contributed by atoms with van der Waals surface area (Å²) in [7, 11) is 0. The summed E-state index contributed by atoms with van der Waals surface area (Å²) < 4.78 is 0. The first-order valence-corrected chi connectivity index (χ1v) is 4.85. The SMILES string of the molecule is CC(CCCC(=O)O)NC(=O)c1nn[nH]n1. The molecule has 1 rings (SSSR count). The monoisotopic (exact) mass is 227 g/mol. The summed E-state index contributed by atoms with van der Waals surface area (Å²) in [5, 5.41) is 23.6. The highest BCUT2D eigenvalue weighted by molar-refractivity contribution is 5.90. The molecule has 3 N–H and O–H groups in total. The van der Waals surface area contributed by atoms with Crippen molar-refractivity contribution in [2.24, 2.45) is 0 Å². The number of carboxylic acid groups (broad SMARTS) is 1. The average molecular weight is 227 g/mol. The van der Waals surface area contributed by atoms with Crippen molar-refractivity contribution >= 4 is 11.9 Å². The number of aromatic nitrogens is 4. The van der Waals surface area contributed by atoms with E-state index in [0.717, 1.165) is 0 Å². The van der Waals surface area contributed by atoms with Crippen molar-refractivity contribution in [3.05, 3.63) is 5.82 Å². The fourth-order valence-corrected chi connectivity index (χ4v) is 1.18. The van der Waals surface area contributed by atoms with Gasteiger partial charge in [-0.2, -0.15) is 5.21 Å². The Balaban J connectivity index is 2.26. The lowest BCUT2D eigenvalue weighted by Crippen LogP contribution is -2.33. The molecule has 0 bridgehead atoms. The van der Waals surface area contributed by atoms with Gasteiger partial charge in [-0.3, -0.25) is 9.59 Å². The van der Waals surface area contributed by atoms with Crippen LogP contribution in [0.4, 0.5) is 0 Å². The molecule has 0 aromatic carbocycles. The molecule has 1 aromatic rings. The Labute approximate surface area is 91.4 Å². The van der Waals surface area contributed by atoms with E-state index in [1.54, 1.807) is 6.92 Å². The summed E-state index contributed by atoms with van der Waals surface area (Å²) in [5.41, 5.74) is 0. The van der Waals surface area contributed by atoms with Crippen LogP contribution in [0, 0.1) is 0 Å². The number of carboxylic acids is 1. The van der Waals surface area contributed by atoms with Crippen LogP contribution in [0.1, 0.15) is 36.8 Å². The van der Waals surface area contributed by atoms with Crippen LogP contribution in [-0.4, -0.2) is 43.6 Å². The molecule has 0 aliphatic heterocycles. The Kier molecular flexibility index (Phi) is 4.37. The molecule has 0 saturated carbocycles. The lowest BCUT2D eigenvalue weighted by Gasteiger charge is -2.11. The number of rotatable bonds is 6. The minimum atomic E-state index is -0.836. The number of hydrogen-bond acceptors (Lipinski definition) is 5. The summed E-state index contributed by atoms with van der Waals surface area (Å²) in [5.74, 6) is -1.28. The molecule has 1 heterocycles. The molecule has 8 nitrogen and oxygen atoms in total. The second-order valence-corrected chi connectivity index (χ2v) is 3.40. The van der Waals surface area contributed by atoms with Crippen molar-refractivity contribution in [2.45, 2.75) is 32.2 Å². The minimum absolute atomic E-state index is 0.0231. The highest BCUT2D eigenvalue weighted by Crippen LogP contribution is 2.01. The van der Waals surface area contributed by atoms with Crippen molar-refractivity contribution in [3.8, 4) is 0 Å². The number of carbonyl (C=O) groups is 2. The maximum absolute atomic E-state index is 11.4. The molecule has 1 aromatic heterocycles. The van der Waals surface area contributed by atoms with Crippen LogP contribution in [0.25, 0.3) is 0 Å². The Bertz CT molecular complexity index is 351. The first-order chi connectivity index (χ1) is 7.59. The van der Waals surface area contributed by atoms with Crippen molar-refractivity contribution in [3.63, 3.8) is 0 Å². The Morgan fingerprint density at radius 2 is 2.31 bits per heavy atom. The highest BCUT2D eigenvalue weighted by atomic mass is 16.4. The van der Waals surface area contributed by atoms with Gasteiger partial charge in [0, 0.05) is 12.5 Å². The maximum Gasteiger partial charge on any atom is 0.303 e. The third-order valence-electron chi connectivity index (χ3n) is 1.95. The van der Waals surface area contributed by atoms with Crippen LogP contribution in [0.2, 0.25) is 0 Å². The van der Waals surface area contributed by atoms with Crippen molar-refractivity contribution in [1.82, 2.24) is 25.9 Å². The Morgan fingerprint density at radius 3 is 2.88 bits per heavy atom. The maximum atomic E-state index is 11.4. The molecule has 0 radical (unpaired) electrons. The Morgan fingerprint density at radius 1 is 1.56 bits per heavy atom. The van der Waals surface area contributed by atoms with Gasteiger partial charge in [-0.15, -0.1) is 10.2 Å². The fourth-order valence-electron chi connectivity index (χ4n) is 1.18. The number of aromatic amines is 1. The predicted octanol–water partition coefficient (Wildman–Crippen LogP) is -0.427. The second kappa shape index (κ2) is 5.79. The van der Waals surface area contributed by atoms with Crippen molar-refractivity contribution in [1.29, 1.82) is 0 Å². The van der Waals surface area contributed by atoms with Crippen LogP contribution in [0.3, 0.4) is 0 Å². The number of aliphatic carboxylic acids is 1. The molecular weight excluding hydrogens is 214 g/mol. The van der Waals surface area contributed by atoms with Crippen LogP contribution >= 0.6 is 0 Å². The van der Waals surface area contributed by atoms with Gasteiger partial charge < -0.3 is 10.4 Å². The van der Waals surface area contributed by atoms with Crippen molar-refractivity contribution < 1.29 is 14.7 Å². The van der Waals surface area contributed by atoms with Gasteiger partial charge in [-0.05, 0) is 25.0 Å². The third kappa shape index (κ3) is 4.03. The summed E-state index contributed by atoms with van der Waals surface area (Å²) in [6.07, 6.45) is 1.21. The number of nitrogens with one attached hydrogen (secondary N) is 2. The first kappa shape index (κ1) is 12.1. The van der Waals surface area contributed by atoms with Gasteiger partial charge in [-0.25, -0.2) is 0 Å². The highest BCUT2D eigenvalue weighted by Gasteiger charge is 2.13. The smallest absolute Gasteiger partial charge is 0.303 e. The van der Waals surface area contributed by atoms with Gasteiger partial charge >= 0.3 is 5.97 Å². The van der Waals surface area contributed by atoms with Gasteiger partial charge in [-0.1, -0.05) is 0 Å². The molecule has 1 atom stereocenters. The predicted molar refractivity (Wildman–Crippen MR) is 52.6 cm³/mol. The molecular formula is C8H13N5O3. The average Bonchev–Trinajstić information content (AvgIpc) is 2.69. The standard InChI is InChI=1S/C8H13N5O3/c1-5(3-2-4-6(14)15)9-8(16)7-10-12-13-11-7/h5H,2-4H2,1H3,(H,9,16)(H,14,15)(H,10,11,12,13). The number of H-pyrrole nitrogens is 1. The van der Waals surface area contributed by atoms with Gasteiger partial charge in [0.1, 0.15) is 0 Å². The number of tetrazole rings is 1. The summed E-state index contributed by atoms with van der Waals surface area (Å²) in [4.78, 5) is 21.7. The fraction of sp³-hybridized carbons (Fsp3) is 0.625. The lowest BCUT2D eigenvalue weighted by molar-refractivity contribution is -0.137. The Hall–Kier alpha value is -1.99. The van der Waals surface area contributed by atoms with E-state index in [4.69, 9.17) is 5.11 Å². The van der Waals surface area contributed by atoms with Gasteiger partial charge in [0.2, 0.25) is 0 Å². The molecule has 0 aliphatic carbocycles. The summed E-state index contributed by atoms with van der Waals surface area (Å²) in [6.45, 7) is 1.79. The van der Waals surface area contributed by atoms with E-state index in [1.165, 1.54) is 0 Å². The van der Waals surface area contributed by atoms with Gasteiger partial charge in [0.15, 0.2) is 0 Å². The molecule has 0 fully saturated rings. The molecule has 8 heteroatoms. The molecule has 1 unspecified atom stereocenters. The zero-order chi connectivity index (χ0) is 12.0. The van der Waals surface area contributed by atoms with Crippen LogP contribution in [-0.2, 0) is 4.79 Å². The zero-order valence-electron chi connectivity index (χ0n) is 8.80. The van der Waals surface area contributed by atoms with E-state index in [1.807, 2.05) is 0 Å². The minimum Gasteiger partial charge on any atom is -0.481 e. The molecule has 0 aliphatic rings. The molecule has 1 amide bonds. The third-order valence-corrected chi connectivity index (χ3v) is 1.95. The number of amides is 1. The quantitative estimate of drug-likeness (QED) is 0.606. The van der Waals surface area contributed by atoms with E-state index >= 15 is 0 Å². The van der Waals surface area contributed by atoms with Crippen LogP contribution < -0.4 is 5.32 Å². The van der Waals surface area contributed by atoms with Crippen LogP contribution in [0.5, 0.6) is 0 Å². The van der Waals surface area contributed by atoms with Crippen LogP contribution in [0.15, 0.2) is 0 Å². The number of hydrogen-bond donors (Lipinski definition) is 3. The lowest BCUT2D eigenvalue weighted by atomic mass is 10.1. The van der Waals surface area contributed by atoms with Gasteiger partial charge in [0.05, 0.1) is 0 Å². The number of nitrogens with zero attached hydrogens (tertiary/aromatic N) is 3. The zero-order valence-corrected chi connectivity index (χ0v) is 8.80. The van der Waals surface area contributed by atoms with Gasteiger partial charge in [0.25, 0.3) is 11.7 Å². The van der Waals surface area contributed by atoms with E-state index in [-0.39, 0.29) is 18.3 Å². The van der Waals surface area contributed by atoms with E-state index < -0.39 is 11.9 Å². The van der Waals surface area contributed by atoms with E-state index in [0.29, 0.717) is 12.8 Å². The molecule has 88 valence electrons. The molecule has 0 saturated heterocycles. The topological polar surface area (TPSA) is 121 Å². The first-order valence-electron chi connectivity index (χ1n) is 4.85. The molecule has 0 spiro atoms. The molecule has 16 heavy (non-hydrogen) atoms. The second-order valence-electron chi connectivity index (χ2n) is 3.40. The normalized spacial score (nSPS) is 12.1. The summed E-state index contributed by atoms with van der Waals surface area (Å²) in [6, 6.07) is -0.120.